The van der Waals surface area contributed by atoms with Crippen molar-refractivity contribution in [3.05, 3.63) is 23.8 Å². The highest BCUT2D eigenvalue weighted by atomic mass is 19.4. The van der Waals surface area contributed by atoms with Crippen molar-refractivity contribution >= 4 is 11.9 Å². The van der Waals surface area contributed by atoms with E-state index in [-0.39, 0.29) is 18.1 Å². The fourth-order valence-corrected chi connectivity index (χ4v) is 4.74. The molecule has 1 N–H and O–H groups in total. The number of nitrogens with zero attached hydrogens (tertiary/aromatic N) is 2. The van der Waals surface area contributed by atoms with Crippen molar-refractivity contribution in [2.24, 2.45) is 5.92 Å². The zero-order chi connectivity index (χ0) is 23.6. The summed E-state index contributed by atoms with van der Waals surface area (Å²) in [6.07, 6.45) is -0.831. The molecule has 182 valence electrons. The summed E-state index contributed by atoms with van der Waals surface area (Å²) in [4.78, 5) is 26.0. The molecule has 33 heavy (non-hydrogen) atoms. The van der Waals surface area contributed by atoms with Crippen molar-refractivity contribution in [3.8, 4) is 11.5 Å². The van der Waals surface area contributed by atoms with Crippen LogP contribution in [0.2, 0.25) is 0 Å². The molecule has 3 fully saturated rings. The highest BCUT2D eigenvalue weighted by Crippen LogP contribution is 2.36. The molecule has 5 rings (SSSR count). The molecule has 4 heterocycles. The molecule has 1 aromatic carbocycles. The maximum atomic E-state index is 12.6. The van der Waals surface area contributed by atoms with Gasteiger partial charge in [0.2, 0.25) is 6.79 Å². The zero-order valence-corrected chi connectivity index (χ0v) is 18.1. The van der Waals surface area contributed by atoms with Gasteiger partial charge in [-0.3, -0.25) is 9.69 Å². The molecule has 0 bridgehead atoms. The van der Waals surface area contributed by atoms with Crippen LogP contribution in [0, 0.1) is 5.92 Å². The molecule has 1 amide bonds. The van der Waals surface area contributed by atoms with Crippen molar-refractivity contribution in [2.75, 3.05) is 33.0 Å². The first kappa shape index (κ1) is 23.6. The largest absolute Gasteiger partial charge is 0.490 e. The highest BCUT2D eigenvalue weighted by Gasteiger charge is 2.43. The van der Waals surface area contributed by atoms with Crippen molar-refractivity contribution in [1.29, 1.82) is 0 Å². The molecular weight excluding hydrogens is 445 g/mol. The van der Waals surface area contributed by atoms with Crippen LogP contribution in [0.1, 0.15) is 31.2 Å². The number of piperidine rings is 1. The number of hydrogen-bond acceptors (Lipinski definition) is 6. The Morgan fingerprint density at radius 2 is 1.79 bits per heavy atom. The van der Waals surface area contributed by atoms with Gasteiger partial charge >= 0.3 is 12.1 Å². The molecule has 0 unspecified atom stereocenters. The van der Waals surface area contributed by atoms with E-state index in [2.05, 4.69) is 17.0 Å². The standard InChI is InChI=1S/C20H26N2O4.C2HF3O2/c23-20(22-6-1-2-7-22)18-10-15-5-8-21(12-19(15)26-18)11-14-3-4-16-17(9-14)25-13-24-16;3-2(4,5)1(6)7/h3-4,9,15,18-19H,1-2,5-8,10-13H2;(H,6,7)/t15-,18-,19+;/m0./s1. The minimum Gasteiger partial charge on any atom is -0.475 e. The Kier molecular flexibility index (Phi) is 6.99. The second kappa shape index (κ2) is 9.76. The minimum absolute atomic E-state index is 0.189. The van der Waals surface area contributed by atoms with E-state index in [4.69, 9.17) is 24.1 Å². The topological polar surface area (TPSA) is 88.5 Å². The number of aliphatic carboxylic acids is 1. The van der Waals surface area contributed by atoms with E-state index in [1.807, 2.05) is 11.0 Å². The van der Waals surface area contributed by atoms with Gasteiger partial charge in [-0.1, -0.05) is 6.07 Å². The smallest absolute Gasteiger partial charge is 0.475 e. The summed E-state index contributed by atoms with van der Waals surface area (Å²) in [6.45, 7) is 4.97. The molecule has 0 radical (unpaired) electrons. The molecule has 0 aromatic heterocycles. The fourth-order valence-electron chi connectivity index (χ4n) is 4.74. The van der Waals surface area contributed by atoms with E-state index >= 15 is 0 Å². The number of benzene rings is 1. The molecule has 8 nitrogen and oxygen atoms in total. The third-order valence-electron chi connectivity index (χ3n) is 6.41. The third-order valence-corrected chi connectivity index (χ3v) is 6.41. The van der Waals surface area contributed by atoms with E-state index in [0.717, 1.165) is 69.9 Å². The lowest BCUT2D eigenvalue weighted by molar-refractivity contribution is -0.192. The van der Waals surface area contributed by atoms with E-state index in [9.17, 15) is 18.0 Å². The van der Waals surface area contributed by atoms with Gasteiger partial charge in [-0.25, -0.2) is 4.79 Å². The number of carboxylic acids is 1. The Hall–Kier alpha value is -2.53. The van der Waals surface area contributed by atoms with Crippen molar-refractivity contribution in [3.63, 3.8) is 0 Å². The van der Waals surface area contributed by atoms with Gasteiger partial charge in [-0.2, -0.15) is 13.2 Å². The number of carbonyl (C=O) groups excluding carboxylic acids is 1. The zero-order valence-electron chi connectivity index (χ0n) is 18.1. The lowest BCUT2D eigenvalue weighted by Gasteiger charge is -2.34. The number of carboxylic acid groups (broad SMARTS) is 1. The van der Waals surface area contributed by atoms with Crippen molar-refractivity contribution < 1.29 is 42.1 Å². The summed E-state index contributed by atoms with van der Waals surface area (Å²) in [5.74, 6) is -0.341. The first-order valence-corrected chi connectivity index (χ1v) is 11.1. The molecule has 0 saturated carbocycles. The lowest BCUT2D eigenvalue weighted by Crippen LogP contribution is -2.42. The molecular formula is C22H27F3N2O6. The Balaban J connectivity index is 0.000000325. The Bertz CT molecular complexity index is 874. The summed E-state index contributed by atoms with van der Waals surface area (Å²) in [5, 5.41) is 7.12. The van der Waals surface area contributed by atoms with Gasteiger partial charge < -0.3 is 24.2 Å². The Morgan fingerprint density at radius 3 is 2.48 bits per heavy atom. The molecule has 1 aromatic rings. The maximum absolute atomic E-state index is 12.6. The summed E-state index contributed by atoms with van der Waals surface area (Å²) in [6, 6.07) is 6.17. The summed E-state index contributed by atoms with van der Waals surface area (Å²) < 4.78 is 48.8. The SMILES string of the molecule is O=C(O)C(F)(F)F.O=C([C@@H]1C[C@@H]2CCN(Cc3ccc4c(c3)OCO4)C[C@H]2O1)N1CCCC1. The monoisotopic (exact) mass is 472 g/mol. The van der Waals surface area contributed by atoms with Crippen LogP contribution < -0.4 is 9.47 Å². The van der Waals surface area contributed by atoms with Gasteiger partial charge in [0.1, 0.15) is 6.10 Å². The maximum Gasteiger partial charge on any atom is 0.490 e. The van der Waals surface area contributed by atoms with Crippen LogP contribution in [0.4, 0.5) is 13.2 Å². The predicted octanol–water partition coefficient (Wildman–Crippen LogP) is 2.65. The number of carbonyl (C=O) groups is 2. The van der Waals surface area contributed by atoms with Crippen LogP contribution >= 0.6 is 0 Å². The van der Waals surface area contributed by atoms with Gasteiger partial charge in [0.05, 0.1) is 6.10 Å². The number of likely N-dealkylation sites (tertiary alicyclic amines) is 2. The lowest BCUT2D eigenvalue weighted by atomic mass is 9.91. The van der Waals surface area contributed by atoms with E-state index in [1.54, 1.807) is 0 Å². The van der Waals surface area contributed by atoms with Crippen LogP contribution in [-0.4, -0.2) is 78.1 Å². The van der Waals surface area contributed by atoms with E-state index in [0.29, 0.717) is 12.7 Å². The fraction of sp³-hybridized carbons (Fsp3) is 0.636. The second-order valence-corrected chi connectivity index (χ2v) is 8.71. The van der Waals surface area contributed by atoms with Gasteiger partial charge in [0.15, 0.2) is 11.5 Å². The normalized spacial score (nSPS) is 26.5. The van der Waals surface area contributed by atoms with Gasteiger partial charge in [0, 0.05) is 26.2 Å². The van der Waals surface area contributed by atoms with E-state index < -0.39 is 12.1 Å². The quantitative estimate of drug-likeness (QED) is 0.724. The highest BCUT2D eigenvalue weighted by molar-refractivity contribution is 5.81. The van der Waals surface area contributed by atoms with Gasteiger partial charge in [0.25, 0.3) is 5.91 Å². The average molecular weight is 472 g/mol. The molecule has 11 heteroatoms. The molecule has 4 aliphatic rings. The van der Waals surface area contributed by atoms with Crippen LogP contribution in [0.3, 0.4) is 0 Å². The number of fused-ring (bicyclic) bond motifs is 2. The third kappa shape index (κ3) is 5.70. The van der Waals surface area contributed by atoms with E-state index in [1.165, 1.54) is 5.56 Å². The molecule has 3 saturated heterocycles. The number of alkyl halides is 3. The van der Waals surface area contributed by atoms with Crippen molar-refractivity contribution in [1.82, 2.24) is 9.80 Å². The van der Waals surface area contributed by atoms with Crippen LogP contribution in [0.5, 0.6) is 11.5 Å². The minimum atomic E-state index is -5.08. The molecule has 0 aliphatic carbocycles. The number of ether oxygens (including phenoxy) is 3. The Morgan fingerprint density at radius 1 is 1.09 bits per heavy atom. The summed E-state index contributed by atoms with van der Waals surface area (Å²) in [7, 11) is 0. The van der Waals surface area contributed by atoms with Gasteiger partial charge in [-0.05, 0) is 55.8 Å². The second-order valence-electron chi connectivity index (χ2n) is 8.71. The van der Waals surface area contributed by atoms with Crippen LogP contribution in [0.25, 0.3) is 0 Å². The number of amides is 1. The number of rotatable bonds is 3. The number of halogens is 3. The molecule has 0 spiro atoms. The predicted molar refractivity (Wildman–Crippen MR) is 109 cm³/mol. The Labute approximate surface area is 189 Å². The average Bonchev–Trinajstić information content (AvgIpc) is 3.52. The molecule has 3 atom stereocenters. The van der Waals surface area contributed by atoms with Crippen LogP contribution in [0.15, 0.2) is 18.2 Å². The summed E-state index contributed by atoms with van der Waals surface area (Å²) >= 11 is 0. The summed E-state index contributed by atoms with van der Waals surface area (Å²) in [5.41, 5.74) is 1.23. The van der Waals surface area contributed by atoms with Crippen LogP contribution in [-0.2, 0) is 20.9 Å². The first-order chi connectivity index (χ1) is 15.7. The molecule has 4 aliphatic heterocycles. The van der Waals surface area contributed by atoms with Gasteiger partial charge in [-0.15, -0.1) is 0 Å². The number of hydrogen-bond donors (Lipinski definition) is 1. The van der Waals surface area contributed by atoms with Crippen molar-refractivity contribution in [2.45, 2.75) is 50.6 Å². The first-order valence-electron chi connectivity index (χ1n) is 11.1.